The van der Waals surface area contributed by atoms with Crippen molar-refractivity contribution in [1.29, 1.82) is 0 Å². The SMILES string of the molecule is CC/C=C\C/C=C\C/C=C\C/C=C\C/C=C\C/C=C\C/C=C\CCCC(=O)OCC(COC(=O)CCCCCCCCCCCCCCCCCCC)OC(=O)CCCCCCCC/C=C\C/C=C\C/C=C\CCCCC. The summed E-state index contributed by atoms with van der Waals surface area (Å²) >= 11 is 0. The molecule has 0 saturated carbocycles. The van der Waals surface area contributed by atoms with E-state index in [-0.39, 0.29) is 37.5 Å². The van der Waals surface area contributed by atoms with Crippen LogP contribution >= 0.6 is 0 Å². The van der Waals surface area contributed by atoms with Crippen molar-refractivity contribution in [1.82, 2.24) is 0 Å². The Bertz CT molecular complexity index is 1600. The number of hydrogen-bond donors (Lipinski definition) is 0. The summed E-state index contributed by atoms with van der Waals surface area (Å²) in [7, 11) is 0. The summed E-state index contributed by atoms with van der Waals surface area (Å²) < 4.78 is 16.9. The van der Waals surface area contributed by atoms with Crippen LogP contribution in [0.3, 0.4) is 0 Å². The van der Waals surface area contributed by atoms with Gasteiger partial charge in [0.1, 0.15) is 13.2 Å². The van der Waals surface area contributed by atoms with Gasteiger partial charge >= 0.3 is 17.9 Å². The van der Waals surface area contributed by atoms with Crippen molar-refractivity contribution in [2.24, 2.45) is 0 Å². The van der Waals surface area contributed by atoms with Gasteiger partial charge in [-0.05, 0) is 109 Å². The molecule has 1 atom stereocenters. The molecule has 0 saturated heterocycles. The van der Waals surface area contributed by atoms with Crippen molar-refractivity contribution >= 4 is 17.9 Å². The van der Waals surface area contributed by atoms with E-state index < -0.39 is 6.10 Å². The summed E-state index contributed by atoms with van der Waals surface area (Å²) in [6.07, 6.45) is 89.1. The van der Waals surface area contributed by atoms with Gasteiger partial charge in [-0.3, -0.25) is 14.4 Å². The molecule has 0 aliphatic carbocycles. The number of hydrogen-bond acceptors (Lipinski definition) is 6. The fourth-order valence-corrected chi connectivity index (χ4v) is 8.67. The van der Waals surface area contributed by atoms with Crippen LogP contribution in [0.1, 0.15) is 290 Å². The second-order valence-electron chi connectivity index (χ2n) is 20.9. The molecule has 0 fully saturated rings. The highest BCUT2D eigenvalue weighted by Gasteiger charge is 2.19. The summed E-state index contributed by atoms with van der Waals surface area (Å²) in [5.41, 5.74) is 0. The molecule has 6 nitrogen and oxygen atoms in total. The molecule has 6 heteroatoms. The molecular formula is C71H118O6. The molecule has 0 aliphatic rings. The zero-order chi connectivity index (χ0) is 55.7. The van der Waals surface area contributed by atoms with E-state index in [1.165, 1.54) is 128 Å². The van der Waals surface area contributed by atoms with E-state index in [4.69, 9.17) is 14.2 Å². The molecule has 0 rings (SSSR count). The third kappa shape index (κ3) is 62.5. The summed E-state index contributed by atoms with van der Waals surface area (Å²) in [6, 6.07) is 0. The van der Waals surface area contributed by atoms with Crippen LogP contribution in [0.2, 0.25) is 0 Å². The van der Waals surface area contributed by atoms with Crippen LogP contribution < -0.4 is 0 Å². The summed E-state index contributed by atoms with van der Waals surface area (Å²) in [6.45, 7) is 6.46. The molecular weight excluding hydrogens is 949 g/mol. The number of rotatable bonds is 57. The topological polar surface area (TPSA) is 78.9 Å². The Morgan fingerprint density at radius 1 is 0.273 bits per heavy atom. The van der Waals surface area contributed by atoms with Crippen LogP contribution in [0.25, 0.3) is 0 Å². The highest BCUT2D eigenvalue weighted by molar-refractivity contribution is 5.71. The minimum atomic E-state index is -0.812. The average molecular weight is 1070 g/mol. The maximum absolute atomic E-state index is 12.9. The number of esters is 3. The monoisotopic (exact) mass is 1070 g/mol. The van der Waals surface area contributed by atoms with Crippen molar-refractivity contribution in [3.8, 4) is 0 Å². The van der Waals surface area contributed by atoms with Crippen LogP contribution in [0.4, 0.5) is 0 Å². The minimum Gasteiger partial charge on any atom is -0.462 e. The molecule has 0 aromatic carbocycles. The summed E-state index contributed by atoms with van der Waals surface area (Å²) in [5, 5.41) is 0. The molecule has 438 valence electrons. The Kier molecular flexibility index (Phi) is 60.8. The van der Waals surface area contributed by atoms with Crippen molar-refractivity contribution in [2.75, 3.05) is 13.2 Å². The molecule has 0 spiro atoms. The molecule has 0 radical (unpaired) electrons. The van der Waals surface area contributed by atoms with Crippen LogP contribution in [-0.4, -0.2) is 37.2 Å². The van der Waals surface area contributed by atoms with E-state index in [1.54, 1.807) is 0 Å². The van der Waals surface area contributed by atoms with E-state index in [2.05, 4.69) is 142 Å². The van der Waals surface area contributed by atoms with Crippen LogP contribution in [-0.2, 0) is 28.6 Å². The average Bonchev–Trinajstić information content (AvgIpc) is 3.43. The highest BCUT2D eigenvalue weighted by Crippen LogP contribution is 2.16. The molecule has 77 heavy (non-hydrogen) atoms. The molecule has 0 heterocycles. The van der Waals surface area contributed by atoms with Gasteiger partial charge in [-0.15, -0.1) is 0 Å². The van der Waals surface area contributed by atoms with Crippen LogP contribution in [0.5, 0.6) is 0 Å². The Morgan fingerprint density at radius 2 is 0.519 bits per heavy atom. The van der Waals surface area contributed by atoms with E-state index in [0.29, 0.717) is 19.3 Å². The van der Waals surface area contributed by atoms with Crippen molar-refractivity contribution in [3.05, 3.63) is 122 Å². The summed E-state index contributed by atoms with van der Waals surface area (Å²) in [5.74, 6) is -0.970. The largest absolute Gasteiger partial charge is 0.462 e. The van der Waals surface area contributed by atoms with E-state index in [0.717, 1.165) is 116 Å². The Balaban J connectivity index is 4.51. The molecule has 0 amide bonds. The van der Waals surface area contributed by atoms with Crippen molar-refractivity contribution in [3.63, 3.8) is 0 Å². The number of carbonyl (C=O) groups excluding carboxylic acids is 3. The lowest BCUT2D eigenvalue weighted by Gasteiger charge is -2.18. The van der Waals surface area contributed by atoms with Crippen molar-refractivity contribution < 1.29 is 28.6 Å². The lowest BCUT2D eigenvalue weighted by molar-refractivity contribution is -0.167. The Labute approximate surface area is 475 Å². The Hall–Kier alpha value is -4.19. The third-order valence-corrected chi connectivity index (χ3v) is 13.5. The number of unbranched alkanes of at least 4 members (excludes halogenated alkanes) is 26. The molecule has 0 aromatic heterocycles. The second-order valence-corrected chi connectivity index (χ2v) is 20.9. The highest BCUT2D eigenvalue weighted by atomic mass is 16.6. The van der Waals surface area contributed by atoms with E-state index in [1.807, 2.05) is 0 Å². The molecule has 1 unspecified atom stereocenters. The van der Waals surface area contributed by atoms with Gasteiger partial charge in [0.25, 0.3) is 0 Å². The van der Waals surface area contributed by atoms with Crippen LogP contribution in [0, 0.1) is 0 Å². The van der Waals surface area contributed by atoms with Gasteiger partial charge in [0.15, 0.2) is 6.10 Å². The van der Waals surface area contributed by atoms with E-state index >= 15 is 0 Å². The maximum Gasteiger partial charge on any atom is 0.306 e. The molecule has 0 N–H and O–H groups in total. The van der Waals surface area contributed by atoms with Gasteiger partial charge in [-0.2, -0.15) is 0 Å². The minimum absolute atomic E-state index is 0.102. The quantitative estimate of drug-likeness (QED) is 0.0261. The van der Waals surface area contributed by atoms with Crippen molar-refractivity contribution in [2.45, 2.75) is 297 Å². The van der Waals surface area contributed by atoms with Crippen LogP contribution in [0.15, 0.2) is 122 Å². The third-order valence-electron chi connectivity index (χ3n) is 13.5. The molecule has 0 bridgehead atoms. The fourth-order valence-electron chi connectivity index (χ4n) is 8.67. The van der Waals surface area contributed by atoms with Gasteiger partial charge in [-0.1, -0.05) is 284 Å². The number of allylic oxidation sites excluding steroid dienone is 20. The zero-order valence-electron chi connectivity index (χ0n) is 50.2. The van der Waals surface area contributed by atoms with Gasteiger partial charge in [0.05, 0.1) is 0 Å². The standard InChI is InChI=1S/C71H118O6/c1-4-7-10-13-16-19-22-25-28-31-33-34-35-36-38-40-43-46-49-52-55-58-61-64-70(73)76-67-68(66-75-69(72)63-60-57-54-51-48-45-42-39-30-27-24-21-18-15-12-9-6-3)77-71(74)65-62-59-56-53-50-47-44-41-37-32-29-26-23-20-17-14-11-8-5-2/h7,10,16-17,19-20,25-26,28-29,33-34,36-38,41,43,46,52,55,68H,4-6,8-9,11-15,18,21-24,27,30-32,35,39-40,42,44-45,47-51,53-54,56-67H2,1-3H3/b10-7-,19-16-,20-17-,28-25-,29-26-,34-33-,38-36-,41-37-,46-43-,55-52-. The first-order valence-corrected chi connectivity index (χ1v) is 32.0. The zero-order valence-corrected chi connectivity index (χ0v) is 50.2. The molecule has 0 aliphatic heterocycles. The maximum atomic E-state index is 12.9. The predicted octanol–water partition coefficient (Wildman–Crippen LogP) is 22.0. The predicted molar refractivity (Wildman–Crippen MR) is 334 cm³/mol. The van der Waals surface area contributed by atoms with Gasteiger partial charge in [0.2, 0.25) is 0 Å². The normalized spacial score (nSPS) is 12.9. The first-order valence-electron chi connectivity index (χ1n) is 32.0. The first kappa shape index (κ1) is 72.8. The Morgan fingerprint density at radius 3 is 0.870 bits per heavy atom. The summed E-state index contributed by atoms with van der Waals surface area (Å²) in [4.78, 5) is 38.3. The van der Waals surface area contributed by atoms with Gasteiger partial charge < -0.3 is 14.2 Å². The number of carbonyl (C=O) groups is 3. The lowest BCUT2D eigenvalue weighted by Crippen LogP contribution is -2.30. The molecule has 0 aromatic rings. The smallest absolute Gasteiger partial charge is 0.306 e. The number of ether oxygens (including phenoxy) is 3. The fraction of sp³-hybridized carbons (Fsp3) is 0.676. The second kappa shape index (κ2) is 64.3. The van der Waals surface area contributed by atoms with Gasteiger partial charge in [0, 0.05) is 19.3 Å². The lowest BCUT2D eigenvalue weighted by atomic mass is 10.0. The first-order chi connectivity index (χ1) is 38.0. The van der Waals surface area contributed by atoms with Gasteiger partial charge in [-0.25, -0.2) is 0 Å². The van der Waals surface area contributed by atoms with E-state index in [9.17, 15) is 14.4 Å².